The largest absolute Gasteiger partial charge is 0.398 e. The van der Waals surface area contributed by atoms with Gasteiger partial charge in [-0.1, -0.05) is 36.4 Å². The van der Waals surface area contributed by atoms with Gasteiger partial charge >= 0.3 is 0 Å². The van der Waals surface area contributed by atoms with Crippen LogP contribution in [0, 0.1) is 6.92 Å². The van der Waals surface area contributed by atoms with Gasteiger partial charge in [0.15, 0.2) is 0 Å². The lowest BCUT2D eigenvalue weighted by molar-refractivity contribution is -0.118. The Morgan fingerprint density at radius 3 is 2.81 bits per heavy atom. The fourth-order valence-corrected chi connectivity index (χ4v) is 3.05. The fourth-order valence-electron chi connectivity index (χ4n) is 3.05. The highest BCUT2D eigenvalue weighted by molar-refractivity contribution is 5.97. The summed E-state index contributed by atoms with van der Waals surface area (Å²) in [7, 11) is 0. The summed E-state index contributed by atoms with van der Waals surface area (Å²) in [6.45, 7) is 2.87. The third-order valence-corrected chi connectivity index (χ3v) is 4.12. The zero-order valence-corrected chi connectivity index (χ0v) is 12.3. The van der Waals surface area contributed by atoms with E-state index in [0.717, 1.165) is 30.6 Å². The van der Waals surface area contributed by atoms with Crippen LogP contribution in [0.25, 0.3) is 0 Å². The summed E-state index contributed by atoms with van der Waals surface area (Å²) in [5, 5.41) is 0. The maximum atomic E-state index is 12.7. The molecule has 1 aliphatic rings. The molecular formula is C18H20N2O. The molecular weight excluding hydrogens is 260 g/mol. The quantitative estimate of drug-likeness (QED) is 0.859. The van der Waals surface area contributed by atoms with Gasteiger partial charge < -0.3 is 10.6 Å². The smallest absolute Gasteiger partial charge is 0.231 e. The Balaban J connectivity index is 1.89. The van der Waals surface area contributed by atoms with Gasteiger partial charge in [-0.05, 0) is 42.5 Å². The van der Waals surface area contributed by atoms with E-state index in [-0.39, 0.29) is 5.91 Å². The molecule has 2 aromatic carbocycles. The summed E-state index contributed by atoms with van der Waals surface area (Å²) in [6, 6.07) is 13.9. The maximum Gasteiger partial charge on any atom is 0.231 e. The lowest BCUT2D eigenvalue weighted by atomic mass is 9.97. The van der Waals surface area contributed by atoms with E-state index in [2.05, 4.69) is 25.1 Å². The number of benzene rings is 2. The lowest BCUT2D eigenvalue weighted by Crippen LogP contribution is -2.37. The molecule has 0 fully saturated rings. The van der Waals surface area contributed by atoms with Crippen LogP contribution in [-0.4, -0.2) is 12.5 Å². The Kier molecular flexibility index (Phi) is 3.65. The zero-order chi connectivity index (χ0) is 14.8. The van der Waals surface area contributed by atoms with E-state index < -0.39 is 0 Å². The maximum absolute atomic E-state index is 12.7. The van der Waals surface area contributed by atoms with Crippen LogP contribution in [0.4, 0.5) is 11.4 Å². The predicted molar refractivity (Wildman–Crippen MR) is 86.4 cm³/mol. The number of carbonyl (C=O) groups excluding carboxylic acids is 1. The van der Waals surface area contributed by atoms with Crippen LogP contribution in [0.1, 0.15) is 23.1 Å². The Hall–Kier alpha value is -2.29. The SMILES string of the molecule is Cc1cccc2c1N(C(=O)Cc1ccccc1N)CCC2. The number of fused-ring (bicyclic) bond motifs is 1. The molecule has 108 valence electrons. The number of nitrogen functional groups attached to an aromatic ring is 1. The number of carbonyl (C=O) groups is 1. The molecule has 21 heavy (non-hydrogen) atoms. The molecule has 0 aliphatic carbocycles. The van der Waals surface area contributed by atoms with Crippen molar-refractivity contribution in [3.8, 4) is 0 Å². The van der Waals surface area contributed by atoms with E-state index in [1.807, 2.05) is 29.2 Å². The molecule has 0 radical (unpaired) electrons. The third kappa shape index (κ3) is 2.64. The first-order valence-corrected chi connectivity index (χ1v) is 7.39. The Bertz CT molecular complexity index is 679. The highest BCUT2D eigenvalue weighted by atomic mass is 16.2. The van der Waals surface area contributed by atoms with Crippen LogP contribution in [0.2, 0.25) is 0 Å². The minimum Gasteiger partial charge on any atom is -0.398 e. The summed E-state index contributed by atoms with van der Waals surface area (Å²) in [5.41, 5.74) is 11.1. The van der Waals surface area contributed by atoms with Crippen LogP contribution >= 0.6 is 0 Å². The topological polar surface area (TPSA) is 46.3 Å². The lowest BCUT2D eigenvalue weighted by Gasteiger charge is -2.31. The first kappa shape index (κ1) is 13.7. The highest BCUT2D eigenvalue weighted by Crippen LogP contribution is 2.31. The van der Waals surface area contributed by atoms with Crippen molar-refractivity contribution in [1.29, 1.82) is 0 Å². The van der Waals surface area contributed by atoms with Crippen LogP contribution < -0.4 is 10.6 Å². The van der Waals surface area contributed by atoms with Gasteiger partial charge in [0.25, 0.3) is 0 Å². The van der Waals surface area contributed by atoms with E-state index in [1.165, 1.54) is 11.1 Å². The second kappa shape index (κ2) is 5.60. The fraction of sp³-hybridized carbons (Fsp3) is 0.278. The number of hydrogen-bond acceptors (Lipinski definition) is 2. The Morgan fingerprint density at radius 2 is 2.00 bits per heavy atom. The van der Waals surface area contributed by atoms with E-state index in [9.17, 15) is 4.79 Å². The number of rotatable bonds is 2. The number of hydrogen-bond donors (Lipinski definition) is 1. The predicted octanol–water partition coefficient (Wildman–Crippen LogP) is 3.10. The molecule has 1 heterocycles. The summed E-state index contributed by atoms with van der Waals surface area (Å²) in [6.07, 6.45) is 2.43. The number of amides is 1. The van der Waals surface area contributed by atoms with Gasteiger partial charge in [0.1, 0.15) is 0 Å². The summed E-state index contributed by atoms with van der Waals surface area (Å²) < 4.78 is 0. The first-order valence-electron chi connectivity index (χ1n) is 7.39. The van der Waals surface area contributed by atoms with Crippen molar-refractivity contribution in [2.45, 2.75) is 26.2 Å². The van der Waals surface area contributed by atoms with E-state index in [4.69, 9.17) is 5.73 Å². The Labute approximate surface area is 125 Å². The van der Waals surface area contributed by atoms with E-state index in [0.29, 0.717) is 12.1 Å². The molecule has 2 aromatic rings. The zero-order valence-electron chi connectivity index (χ0n) is 12.3. The van der Waals surface area contributed by atoms with Gasteiger partial charge in [0, 0.05) is 17.9 Å². The molecule has 0 unspecified atom stereocenters. The minimum absolute atomic E-state index is 0.128. The number of anilines is 2. The standard InChI is InChI=1S/C18H20N2O/c1-13-6-4-8-14-9-5-11-20(18(13)14)17(21)12-15-7-2-3-10-16(15)19/h2-4,6-8,10H,5,9,11-12,19H2,1H3. The second-order valence-corrected chi connectivity index (χ2v) is 5.61. The van der Waals surface area contributed by atoms with Gasteiger partial charge in [-0.3, -0.25) is 4.79 Å². The van der Waals surface area contributed by atoms with E-state index in [1.54, 1.807) is 0 Å². The Morgan fingerprint density at radius 1 is 1.19 bits per heavy atom. The van der Waals surface area contributed by atoms with Crippen molar-refractivity contribution in [2.24, 2.45) is 0 Å². The van der Waals surface area contributed by atoms with Crippen molar-refractivity contribution in [3.05, 3.63) is 59.2 Å². The van der Waals surface area contributed by atoms with Crippen molar-refractivity contribution in [3.63, 3.8) is 0 Å². The van der Waals surface area contributed by atoms with Gasteiger partial charge in [-0.15, -0.1) is 0 Å². The van der Waals surface area contributed by atoms with Crippen molar-refractivity contribution < 1.29 is 4.79 Å². The average molecular weight is 280 g/mol. The van der Waals surface area contributed by atoms with Crippen LogP contribution in [0.15, 0.2) is 42.5 Å². The molecule has 0 saturated heterocycles. The highest BCUT2D eigenvalue weighted by Gasteiger charge is 2.24. The molecule has 0 spiro atoms. The molecule has 0 bridgehead atoms. The number of para-hydroxylation sites is 2. The molecule has 1 amide bonds. The number of nitrogens with zero attached hydrogens (tertiary/aromatic N) is 1. The number of aryl methyl sites for hydroxylation is 2. The normalized spacial score (nSPS) is 13.9. The minimum atomic E-state index is 0.128. The second-order valence-electron chi connectivity index (χ2n) is 5.61. The molecule has 2 N–H and O–H groups in total. The molecule has 0 saturated carbocycles. The number of nitrogens with two attached hydrogens (primary N) is 1. The van der Waals surface area contributed by atoms with Crippen LogP contribution in [0.3, 0.4) is 0 Å². The summed E-state index contributed by atoms with van der Waals surface area (Å²) in [5.74, 6) is 0.128. The monoisotopic (exact) mass is 280 g/mol. The molecule has 0 atom stereocenters. The molecule has 3 rings (SSSR count). The third-order valence-electron chi connectivity index (χ3n) is 4.12. The summed E-state index contributed by atoms with van der Waals surface area (Å²) in [4.78, 5) is 14.6. The molecule has 3 heteroatoms. The van der Waals surface area contributed by atoms with Crippen LogP contribution in [-0.2, 0) is 17.6 Å². The molecule has 3 nitrogen and oxygen atoms in total. The van der Waals surface area contributed by atoms with Gasteiger partial charge in [0.05, 0.1) is 6.42 Å². The van der Waals surface area contributed by atoms with Gasteiger partial charge in [0.2, 0.25) is 5.91 Å². The van der Waals surface area contributed by atoms with Crippen molar-refractivity contribution in [1.82, 2.24) is 0 Å². The first-order chi connectivity index (χ1) is 10.2. The van der Waals surface area contributed by atoms with Crippen LogP contribution in [0.5, 0.6) is 0 Å². The summed E-state index contributed by atoms with van der Waals surface area (Å²) >= 11 is 0. The molecule has 0 aromatic heterocycles. The van der Waals surface area contributed by atoms with Gasteiger partial charge in [-0.2, -0.15) is 0 Å². The van der Waals surface area contributed by atoms with Crippen molar-refractivity contribution >= 4 is 17.3 Å². The van der Waals surface area contributed by atoms with Crippen molar-refractivity contribution in [2.75, 3.05) is 17.2 Å². The molecule has 1 aliphatic heterocycles. The van der Waals surface area contributed by atoms with Gasteiger partial charge in [-0.25, -0.2) is 0 Å². The average Bonchev–Trinajstić information content (AvgIpc) is 2.49. The van der Waals surface area contributed by atoms with E-state index >= 15 is 0 Å².